The highest BCUT2D eigenvalue weighted by Crippen LogP contribution is 1.81. The van der Waals surface area contributed by atoms with E-state index in [0.717, 1.165) is 0 Å². The lowest BCUT2D eigenvalue weighted by Gasteiger charge is -2.12. The van der Waals surface area contributed by atoms with Gasteiger partial charge in [-0.3, -0.25) is 4.79 Å². The lowest BCUT2D eigenvalue weighted by molar-refractivity contribution is -0.754. The third-order valence-corrected chi connectivity index (χ3v) is 1.04. The first-order valence-electron chi connectivity index (χ1n) is 2.76. The highest BCUT2D eigenvalue weighted by molar-refractivity contribution is 5.12. The van der Waals surface area contributed by atoms with Gasteiger partial charge in [0, 0.05) is 0 Å². The van der Waals surface area contributed by atoms with Gasteiger partial charge in [-0.05, 0) is 0 Å². The number of hydroxylamine groups is 1. The molecule has 0 radical (unpaired) electrons. The highest BCUT2D eigenvalue weighted by atomic mass is 16.5. The molecule has 1 atom stereocenters. The Morgan fingerprint density at radius 1 is 1.80 bits per heavy atom. The molecular formula is C5H7N3O2. The largest absolute Gasteiger partial charge is 0.628 e. The van der Waals surface area contributed by atoms with Gasteiger partial charge in [-0.15, -0.1) is 0 Å². The first kappa shape index (κ1) is 6.91. The minimum atomic E-state index is -0.305. The van der Waals surface area contributed by atoms with Gasteiger partial charge in [0.15, 0.2) is 0 Å². The maximum Gasteiger partial charge on any atom is 0.256 e. The number of aromatic amines is 1. The Kier molecular flexibility index (Phi) is 1.79. The Bertz CT molecular complexity index is 268. The van der Waals surface area contributed by atoms with Gasteiger partial charge in [-0.1, -0.05) is 0 Å². The lowest BCUT2D eigenvalue weighted by Crippen LogP contribution is -2.98. The van der Waals surface area contributed by atoms with Crippen molar-refractivity contribution in [3.63, 3.8) is 0 Å². The van der Waals surface area contributed by atoms with Crippen LogP contribution in [-0.4, -0.2) is 17.0 Å². The van der Waals surface area contributed by atoms with E-state index in [1.807, 2.05) is 0 Å². The number of hydrogen-bond donors (Lipinski definition) is 2. The van der Waals surface area contributed by atoms with Crippen molar-refractivity contribution in [2.24, 2.45) is 0 Å². The van der Waals surface area contributed by atoms with E-state index >= 15 is 0 Å². The summed E-state index contributed by atoms with van der Waals surface area (Å²) in [7, 11) is 1.36. The molecule has 0 amide bonds. The smallest absolute Gasteiger partial charge is 0.256 e. The van der Waals surface area contributed by atoms with Crippen molar-refractivity contribution >= 4 is 5.82 Å². The van der Waals surface area contributed by atoms with Crippen LogP contribution in [0.4, 0.5) is 5.82 Å². The van der Waals surface area contributed by atoms with Crippen LogP contribution in [0.5, 0.6) is 0 Å². The third-order valence-electron chi connectivity index (χ3n) is 1.04. The van der Waals surface area contributed by atoms with Gasteiger partial charge in [-0.2, -0.15) is 4.98 Å². The second kappa shape index (κ2) is 2.59. The van der Waals surface area contributed by atoms with Crippen LogP contribution >= 0.6 is 0 Å². The zero-order valence-corrected chi connectivity index (χ0v) is 5.42. The molecule has 0 aliphatic rings. The normalized spacial score (nSPS) is 13.0. The Morgan fingerprint density at radius 2 is 2.50 bits per heavy atom. The summed E-state index contributed by atoms with van der Waals surface area (Å²) in [5, 5.41) is 10.4. The van der Waals surface area contributed by atoms with Crippen LogP contribution in [-0.2, 0) is 0 Å². The molecule has 0 aliphatic carbocycles. The van der Waals surface area contributed by atoms with Crippen LogP contribution in [0, 0.1) is 5.21 Å². The van der Waals surface area contributed by atoms with Crippen molar-refractivity contribution < 1.29 is 5.06 Å². The maximum atomic E-state index is 10.6. The van der Waals surface area contributed by atoms with Crippen LogP contribution in [0.2, 0.25) is 0 Å². The molecule has 0 aliphatic heterocycles. The molecule has 0 bridgehead atoms. The predicted molar refractivity (Wildman–Crippen MR) is 34.8 cm³/mol. The van der Waals surface area contributed by atoms with E-state index in [-0.39, 0.29) is 16.4 Å². The first-order chi connectivity index (χ1) is 4.70. The second-order valence-electron chi connectivity index (χ2n) is 1.85. The molecule has 2 N–H and O–H groups in total. The highest BCUT2D eigenvalue weighted by Gasteiger charge is 1.96. The standard InChI is InChI=1S/C5H7N3O2/c1-8(10)4-2-5(9)7-3-6-4/h2-3,8H,1H3,(H,6,7,9). The van der Waals surface area contributed by atoms with E-state index < -0.39 is 0 Å². The summed E-state index contributed by atoms with van der Waals surface area (Å²) in [5.74, 6) is 0.198. The number of aromatic nitrogens is 2. The summed E-state index contributed by atoms with van der Waals surface area (Å²) in [4.78, 5) is 16.5. The van der Waals surface area contributed by atoms with Gasteiger partial charge >= 0.3 is 0 Å². The monoisotopic (exact) mass is 141 g/mol. The second-order valence-corrected chi connectivity index (χ2v) is 1.85. The number of nitrogens with one attached hydrogen (secondary N) is 2. The van der Waals surface area contributed by atoms with Crippen molar-refractivity contribution in [1.29, 1.82) is 0 Å². The van der Waals surface area contributed by atoms with Crippen LogP contribution < -0.4 is 10.6 Å². The van der Waals surface area contributed by atoms with Gasteiger partial charge in [0.1, 0.15) is 6.33 Å². The van der Waals surface area contributed by atoms with Gasteiger partial charge in [-0.25, -0.2) is 0 Å². The molecule has 5 heteroatoms. The molecule has 10 heavy (non-hydrogen) atoms. The molecule has 5 nitrogen and oxygen atoms in total. The van der Waals surface area contributed by atoms with Crippen LogP contribution in [0.3, 0.4) is 0 Å². The van der Waals surface area contributed by atoms with Gasteiger partial charge in [0.05, 0.1) is 13.1 Å². The summed E-state index contributed by atoms with van der Waals surface area (Å²) in [6.45, 7) is 0. The van der Waals surface area contributed by atoms with Crippen LogP contribution in [0.25, 0.3) is 0 Å². The Balaban J connectivity index is 3.07. The molecule has 54 valence electrons. The first-order valence-corrected chi connectivity index (χ1v) is 2.76. The van der Waals surface area contributed by atoms with E-state index in [4.69, 9.17) is 0 Å². The number of nitrogens with zero attached hydrogens (tertiary/aromatic N) is 1. The summed E-state index contributed by atoms with van der Waals surface area (Å²) in [5.41, 5.74) is -0.305. The van der Waals surface area contributed by atoms with Gasteiger partial charge < -0.3 is 15.3 Å². The fraction of sp³-hybridized carbons (Fsp3) is 0.200. The van der Waals surface area contributed by atoms with Crippen molar-refractivity contribution in [2.75, 3.05) is 7.05 Å². The number of hydrogen-bond acceptors (Lipinski definition) is 3. The Labute approximate surface area is 56.9 Å². The van der Waals surface area contributed by atoms with Crippen LogP contribution in [0.15, 0.2) is 17.2 Å². The molecule has 1 heterocycles. The molecular weight excluding hydrogens is 134 g/mol. The van der Waals surface area contributed by atoms with E-state index in [2.05, 4.69) is 9.97 Å². The molecule has 0 aromatic carbocycles. The number of rotatable bonds is 1. The minimum absolute atomic E-state index is 0.198. The van der Waals surface area contributed by atoms with Gasteiger partial charge in [0.25, 0.3) is 5.56 Å². The minimum Gasteiger partial charge on any atom is -0.628 e. The summed E-state index contributed by atoms with van der Waals surface area (Å²) < 4.78 is 0. The van der Waals surface area contributed by atoms with Crippen molar-refractivity contribution in [2.45, 2.75) is 0 Å². The Hall–Kier alpha value is -1.20. The van der Waals surface area contributed by atoms with E-state index in [1.165, 1.54) is 19.4 Å². The summed E-state index contributed by atoms with van der Waals surface area (Å²) in [6, 6.07) is 1.17. The molecule has 0 fully saturated rings. The predicted octanol–water partition coefficient (Wildman–Crippen LogP) is -1.59. The van der Waals surface area contributed by atoms with Crippen molar-refractivity contribution in [3.8, 4) is 0 Å². The molecule has 0 spiro atoms. The SMILES string of the molecule is C[NH+]([O-])c1cc(=O)[nH]cn1. The van der Waals surface area contributed by atoms with Crippen molar-refractivity contribution in [3.05, 3.63) is 28.0 Å². The average molecular weight is 141 g/mol. The average Bonchev–Trinajstić information content (AvgIpc) is 1.88. The zero-order valence-electron chi connectivity index (χ0n) is 5.42. The van der Waals surface area contributed by atoms with E-state index in [1.54, 1.807) is 0 Å². The van der Waals surface area contributed by atoms with E-state index in [0.29, 0.717) is 0 Å². The molecule has 0 saturated heterocycles. The maximum absolute atomic E-state index is 10.6. The topological polar surface area (TPSA) is 73.2 Å². The van der Waals surface area contributed by atoms with Gasteiger partial charge in [0.2, 0.25) is 5.82 Å². The lowest BCUT2D eigenvalue weighted by atomic mass is 10.6. The molecule has 1 rings (SSSR count). The number of H-pyrrole nitrogens is 1. The fourth-order valence-corrected chi connectivity index (χ4v) is 0.561. The zero-order chi connectivity index (χ0) is 7.56. The molecule has 1 aromatic rings. The third kappa shape index (κ3) is 1.40. The quantitative estimate of drug-likeness (QED) is 0.463. The number of quaternary nitrogens is 1. The fourth-order valence-electron chi connectivity index (χ4n) is 0.561. The molecule has 1 unspecified atom stereocenters. The summed E-state index contributed by atoms with van der Waals surface area (Å²) >= 11 is 0. The molecule has 1 aromatic heterocycles. The summed E-state index contributed by atoms with van der Waals surface area (Å²) in [6.07, 6.45) is 1.21. The van der Waals surface area contributed by atoms with Crippen LogP contribution in [0.1, 0.15) is 0 Å². The van der Waals surface area contributed by atoms with E-state index in [9.17, 15) is 10.0 Å². The molecule has 0 saturated carbocycles. The van der Waals surface area contributed by atoms with Crippen molar-refractivity contribution in [1.82, 2.24) is 9.97 Å². The Morgan fingerprint density at radius 3 is 2.90 bits per heavy atom.